The molecule has 0 spiro atoms. The van der Waals surface area contributed by atoms with Crippen molar-refractivity contribution in [2.24, 2.45) is 11.7 Å². The first kappa shape index (κ1) is 14.1. The van der Waals surface area contributed by atoms with Crippen molar-refractivity contribution in [3.05, 3.63) is 0 Å². The molecule has 0 saturated carbocycles. The van der Waals surface area contributed by atoms with Crippen LogP contribution in [0.15, 0.2) is 0 Å². The third kappa shape index (κ3) is 5.41. The maximum Gasteiger partial charge on any atom is 0.441 e. The number of hydrogen-bond donors (Lipinski definition) is 1. The zero-order valence-electron chi connectivity index (χ0n) is 9.46. The van der Waals surface area contributed by atoms with E-state index in [0.717, 1.165) is 25.9 Å². The fourth-order valence-corrected chi connectivity index (χ4v) is 2.57. The molecule has 16 heavy (non-hydrogen) atoms. The van der Waals surface area contributed by atoms with E-state index < -0.39 is 5.51 Å². The molecular formula is C10H19F3N2S. The molecule has 0 radical (unpaired) electrons. The summed E-state index contributed by atoms with van der Waals surface area (Å²) in [6.45, 7) is 4.28. The minimum absolute atomic E-state index is 0.0680. The highest BCUT2D eigenvalue weighted by atomic mass is 32.2. The van der Waals surface area contributed by atoms with E-state index in [4.69, 9.17) is 5.73 Å². The lowest BCUT2D eigenvalue weighted by Gasteiger charge is -2.33. The normalized spacial score (nSPS) is 22.3. The molecule has 1 aliphatic rings. The largest absolute Gasteiger partial charge is 0.441 e. The summed E-state index contributed by atoms with van der Waals surface area (Å²) in [5.41, 5.74) is 1.71. The Morgan fingerprint density at radius 2 is 1.94 bits per heavy atom. The summed E-state index contributed by atoms with van der Waals surface area (Å²) in [6.07, 6.45) is 2.02. The molecule has 1 aliphatic heterocycles. The van der Waals surface area contributed by atoms with Crippen LogP contribution in [-0.2, 0) is 0 Å². The van der Waals surface area contributed by atoms with Crippen LogP contribution < -0.4 is 5.73 Å². The standard InChI is InChI=1S/C10H19F3N2S/c1-8(14)9-2-4-15(5-3-9)6-7-16-10(11,12)13/h8-9H,2-7,14H2,1H3. The van der Waals surface area contributed by atoms with Gasteiger partial charge in [-0.3, -0.25) is 0 Å². The van der Waals surface area contributed by atoms with E-state index in [9.17, 15) is 13.2 Å². The Labute approximate surface area is 98.7 Å². The van der Waals surface area contributed by atoms with E-state index in [0.29, 0.717) is 12.5 Å². The quantitative estimate of drug-likeness (QED) is 0.837. The highest BCUT2D eigenvalue weighted by Gasteiger charge is 2.28. The second-order valence-electron chi connectivity index (χ2n) is 4.33. The molecule has 0 aromatic heterocycles. The van der Waals surface area contributed by atoms with E-state index in [-0.39, 0.29) is 23.6 Å². The van der Waals surface area contributed by atoms with Crippen LogP contribution in [0, 0.1) is 5.92 Å². The monoisotopic (exact) mass is 256 g/mol. The van der Waals surface area contributed by atoms with Crippen molar-refractivity contribution < 1.29 is 13.2 Å². The first-order valence-corrected chi connectivity index (χ1v) is 6.55. The molecule has 1 atom stereocenters. The van der Waals surface area contributed by atoms with Crippen molar-refractivity contribution in [3.63, 3.8) is 0 Å². The SMILES string of the molecule is CC(N)C1CCN(CCSC(F)(F)F)CC1. The van der Waals surface area contributed by atoms with Gasteiger partial charge in [-0.25, -0.2) is 0 Å². The summed E-state index contributed by atoms with van der Waals surface area (Å²) in [5.74, 6) is 0.665. The number of piperidine rings is 1. The van der Waals surface area contributed by atoms with Gasteiger partial charge in [-0.1, -0.05) is 0 Å². The molecule has 0 aliphatic carbocycles. The van der Waals surface area contributed by atoms with Crippen molar-refractivity contribution in [2.75, 3.05) is 25.4 Å². The first-order chi connectivity index (χ1) is 7.38. The van der Waals surface area contributed by atoms with Crippen LogP contribution in [0.3, 0.4) is 0 Å². The Kier molecular flexibility index (Phi) is 5.40. The summed E-state index contributed by atoms with van der Waals surface area (Å²) >= 11 is 0.0680. The molecule has 0 bridgehead atoms. The Balaban J connectivity index is 2.13. The molecule has 1 fully saturated rings. The van der Waals surface area contributed by atoms with Gasteiger partial charge in [0.05, 0.1) is 0 Å². The molecule has 1 saturated heterocycles. The zero-order valence-corrected chi connectivity index (χ0v) is 10.3. The minimum atomic E-state index is -4.09. The molecule has 6 heteroatoms. The van der Waals surface area contributed by atoms with Gasteiger partial charge in [0.15, 0.2) is 0 Å². The first-order valence-electron chi connectivity index (χ1n) is 5.57. The predicted molar refractivity (Wildman–Crippen MR) is 61.3 cm³/mol. The van der Waals surface area contributed by atoms with Crippen molar-refractivity contribution in [2.45, 2.75) is 31.3 Å². The maximum atomic E-state index is 11.9. The van der Waals surface area contributed by atoms with Crippen LogP contribution in [0.2, 0.25) is 0 Å². The summed E-state index contributed by atoms with van der Waals surface area (Å²) in [6, 6.07) is 0.201. The van der Waals surface area contributed by atoms with Gasteiger partial charge < -0.3 is 10.6 Å². The van der Waals surface area contributed by atoms with Crippen LogP contribution in [0.1, 0.15) is 19.8 Å². The third-order valence-electron chi connectivity index (χ3n) is 3.05. The van der Waals surface area contributed by atoms with Gasteiger partial charge in [-0.2, -0.15) is 13.2 Å². The van der Waals surface area contributed by atoms with Crippen LogP contribution >= 0.6 is 11.8 Å². The van der Waals surface area contributed by atoms with Crippen molar-refractivity contribution in [3.8, 4) is 0 Å². The van der Waals surface area contributed by atoms with E-state index >= 15 is 0 Å². The Hall–Kier alpha value is 0.0600. The minimum Gasteiger partial charge on any atom is -0.328 e. The van der Waals surface area contributed by atoms with Gasteiger partial charge in [-0.15, -0.1) is 0 Å². The molecule has 1 rings (SSSR count). The summed E-state index contributed by atoms with van der Waals surface area (Å²) in [5, 5.41) is 0. The van der Waals surface area contributed by atoms with Gasteiger partial charge in [0.25, 0.3) is 0 Å². The zero-order chi connectivity index (χ0) is 12.2. The summed E-state index contributed by atoms with van der Waals surface area (Å²) in [4.78, 5) is 2.09. The van der Waals surface area contributed by atoms with Gasteiger partial charge in [0, 0.05) is 18.3 Å². The number of rotatable bonds is 4. The highest BCUT2D eigenvalue weighted by Crippen LogP contribution is 2.30. The van der Waals surface area contributed by atoms with E-state index in [1.54, 1.807) is 0 Å². The lowest BCUT2D eigenvalue weighted by Crippen LogP contribution is -2.40. The third-order valence-corrected chi connectivity index (χ3v) is 3.76. The molecule has 1 heterocycles. The Morgan fingerprint density at radius 3 is 2.38 bits per heavy atom. The summed E-state index contributed by atoms with van der Waals surface area (Å²) < 4.78 is 35.7. The smallest absolute Gasteiger partial charge is 0.328 e. The highest BCUT2D eigenvalue weighted by molar-refractivity contribution is 8.00. The number of hydrogen-bond acceptors (Lipinski definition) is 3. The van der Waals surface area contributed by atoms with Crippen molar-refractivity contribution in [1.82, 2.24) is 4.90 Å². The molecule has 2 nitrogen and oxygen atoms in total. The number of likely N-dealkylation sites (tertiary alicyclic amines) is 1. The summed E-state index contributed by atoms with van der Waals surface area (Å²) in [7, 11) is 0. The second-order valence-corrected chi connectivity index (χ2v) is 5.49. The van der Waals surface area contributed by atoms with Gasteiger partial charge in [0.2, 0.25) is 0 Å². The number of nitrogens with zero attached hydrogens (tertiary/aromatic N) is 1. The van der Waals surface area contributed by atoms with Crippen LogP contribution in [-0.4, -0.2) is 41.8 Å². The van der Waals surface area contributed by atoms with Crippen molar-refractivity contribution >= 4 is 11.8 Å². The number of halogens is 3. The molecule has 0 aromatic rings. The lowest BCUT2D eigenvalue weighted by atomic mass is 9.91. The van der Waals surface area contributed by atoms with Gasteiger partial charge in [-0.05, 0) is 50.5 Å². The topological polar surface area (TPSA) is 29.3 Å². The Bertz CT molecular complexity index is 201. The average molecular weight is 256 g/mol. The Morgan fingerprint density at radius 1 is 1.38 bits per heavy atom. The van der Waals surface area contributed by atoms with E-state index in [1.165, 1.54) is 0 Å². The van der Waals surface area contributed by atoms with Crippen LogP contribution in [0.25, 0.3) is 0 Å². The van der Waals surface area contributed by atoms with E-state index in [1.807, 2.05) is 6.92 Å². The molecular weight excluding hydrogens is 237 g/mol. The van der Waals surface area contributed by atoms with Crippen LogP contribution in [0.5, 0.6) is 0 Å². The molecule has 1 unspecified atom stereocenters. The fourth-order valence-electron chi connectivity index (χ4n) is 1.99. The van der Waals surface area contributed by atoms with Crippen LogP contribution in [0.4, 0.5) is 13.2 Å². The maximum absolute atomic E-state index is 11.9. The van der Waals surface area contributed by atoms with Gasteiger partial charge in [0.1, 0.15) is 0 Å². The molecule has 96 valence electrons. The lowest BCUT2D eigenvalue weighted by molar-refractivity contribution is -0.0329. The molecule has 2 N–H and O–H groups in total. The average Bonchev–Trinajstić information content (AvgIpc) is 2.16. The molecule has 0 aromatic carbocycles. The predicted octanol–water partition coefficient (Wildman–Crippen LogP) is 2.30. The number of alkyl halides is 3. The molecule has 0 amide bonds. The fraction of sp³-hybridized carbons (Fsp3) is 1.00. The second kappa shape index (κ2) is 6.12. The number of nitrogens with two attached hydrogens (primary N) is 1. The van der Waals surface area contributed by atoms with Gasteiger partial charge >= 0.3 is 5.51 Å². The number of thioether (sulfide) groups is 1. The van der Waals surface area contributed by atoms with Crippen molar-refractivity contribution in [1.29, 1.82) is 0 Å². The van der Waals surface area contributed by atoms with E-state index in [2.05, 4.69) is 4.90 Å².